The average molecular weight is 394 g/mol. The Morgan fingerprint density at radius 3 is 2.00 bits per heavy atom. The fraction of sp³-hybridized carbons (Fsp3) is 0.136. The Hall–Kier alpha value is -2.96. The van der Waals surface area contributed by atoms with E-state index in [-0.39, 0.29) is 17.3 Å². The molecule has 28 heavy (non-hydrogen) atoms. The van der Waals surface area contributed by atoms with Crippen LogP contribution in [0.3, 0.4) is 0 Å². The summed E-state index contributed by atoms with van der Waals surface area (Å²) in [6, 6.07) is 23.4. The van der Waals surface area contributed by atoms with Crippen LogP contribution in [0.4, 0.5) is 0 Å². The van der Waals surface area contributed by atoms with Crippen LogP contribution in [0.15, 0.2) is 83.8 Å². The molecule has 0 aliphatic rings. The quantitative estimate of drug-likeness (QED) is 0.645. The van der Waals surface area contributed by atoms with Gasteiger partial charge in [-0.3, -0.25) is 4.79 Å². The van der Waals surface area contributed by atoms with E-state index in [9.17, 15) is 13.2 Å². The van der Waals surface area contributed by atoms with E-state index in [4.69, 9.17) is 0 Å². The summed E-state index contributed by atoms with van der Waals surface area (Å²) in [5.41, 5.74) is 2.90. The molecule has 0 heterocycles. The summed E-state index contributed by atoms with van der Waals surface area (Å²) in [6.07, 6.45) is 0. The molecule has 144 valence electrons. The summed E-state index contributed by atoms with van der Waals surface area (Å²) in [4.78, 5) is 12.6. The van der Waals surface area contributed by atoms with E-state index < -0.39 is 10.0 Å². The van der Waals surface area contributed by atoms with Crippen molar-refractivity contribution in [1.82, 2.24) is 10.0 Å². The van der Waals surface area contributed by atoms with Crippen molar-refractivity contribution in [1.29, 1.82) is 0 Å². The first-order chi connectivity index (χ1) is 13.5. The van der Waals surface area contributed by atoms with Crippen LogP contribution in [-0.4, -0.2) is 14.3 Å². The second-order valence-electron chi connectivity index (χ2n) is 6.46. The van der Waals surface area contributed by atoms with Crippen molar-refractivity contribution in [3.05, 3.63) is 101 Å². The lowest BCUT2D eigenvalue weighted by Crippen LogP contribution is -2.26. The van der Waals surface area contributed by atoms with Crippen molar-refractivity contribution in [3.8, 4) is 0 Å². The zero-order valence-corrected chi connectivity index (χ0v) is 16.4. The molecule has 0 saturated heterocycles. The maximum atomic E-state index is 12.6. The maximum absolute atomic E-state index is 12.6. The van der Waals surface area contributed by atoms with E-state index in [1.54, 1.807) is 13.0 Å². The highest BCUT2D eigenvalue weighted by molar-refractivity contribution is 7.89. The number of amides is 1. The van der Waals surface area contributed by atoms with Crippen molar-refractivity contribution < 1.29 is 13.2 Å². The molecule has 0 spiro atoms. The molecule has 3 rings (SSSR count). The molecule has 0 atom stereocenters. The fourth-order valence-electron chi connectivity index (χ4n) is 2.74. The molecular formula is C22H22N2O3S. The van der Waals surface area contributed by atoms with Gasteiger partial charge in [0, 0.05) is 18.7 Å². The van der Waals surface area contributed by atoms with Crippen LogP contribution in [0.5, 0.6) is 0 Å². The first-order valence-electron chi connectivity index (χ1n) is 8.92. The van der Waals surface area contributed by atoms with Crippen LogP contribution in [0.1, 0.15) is 27.0 Å². The van der Waals surface area contributed by atoms with E-state index in [1.807, 2.05) is 60.7 Å². The number of hydrogen-bond donors (Lipinski definition) is 2. The van der Waals surface area contributed by atoms with Gasteiger partial charge < -0.3 is 5.32 Å². The summed E-state index contributed by atoms with van der Waals surface area (Å²) in [5.74, 6) is -0.304. The molecular weight excluding hydrogens is 372 g/mol. The highest BCUT2D eigenvalue weighted by Crippen LogP contribution is 2.16. The fourth-order valence-corrected chi connectivity index (χ4v) is 3.79. The number of sulfonamides is 1. The number of hydrogen-bond acceptors (Lipinski definition) is 3. The number of rotatable bonds is 7. The second kappa shape index (κ2) is 8.82. The average Bonchev–Trinajstić information content (AvgIpc) is 2.72. The van der Waals surface area contributed by atoms with Gasteiger partial charge >= 0.3 is 0 Å². The first-order valence-corrected chi connectivity index (χ1v) is 10.4. The summed E-state index contributed by atoms with van der Waals surface area (Å²) in [7, 11) is -3.73. The van der Waals surface area contributed by atoms with Gasteiger partial charge in [-0.05, 0) is 35.7 Å². The third-order valence-electron chi connectivity index (χ3n) is 4.37. The molecule has 1 amide bonds. The Kier molecular flexibility index (Phi) is 6.23. The third kappa shape index (κ3) is 5.06. The monoisotopic (exact) mass is 394 g/mol. The minimum absolute atomic E-state index is 0.0684. The highest BCUT2D eigenvalue weighted by Gasteiger charge is 2.18. The van der Waals surface area contributed by atoms with Gasteiger partial charge in [0.2, 0.25) is 10.0 Å². The van der Waals surface area contributed by atoms with Gasteiger partial charge in [0.25, 0.3) is 5.91 Å². The van der Waals surface area contributed by atoms with Crippen molar-refractivity contribution >= 4 is 15.9 Å². The molecule has 3 aromatic rings. The normalized spacial score (nSPS) is 11.2. The van der Waals surface area contributed by atoms with Gasteiger partial charge in [-0.15, -0.1) is 0 Å². The highest BCUT2D eigenvalue weighted by atomic mass is 32.2. The number of benzene rings is 3. The molecule has 0 aliphatic carbocycles. The number of carbonyl (C=O) groups excluding carboxylic acids is 1. The van der Waals surface area contributed by atoms with Crippen LogP contribution >= 0.6 is 0 Å². The first kappa shape index (κ1) is 19.8. The minimum atomic E-state index is -3.73. The number of aryl methyl sites for hydroxylation is 1. The molecule has 0 aromatic heterocycles. The summed E-state index contributed by atoms with van der Waals surface area (Å²) in [6.45, 7) is 2.35. The van der Waals surface area contributed by atoms with Crippen LogP contribution in [0.2, 0.25) is 0 Å². The number of nitrogens with one attached hydrogen (secondary N) is 2. The lowest BCUT2D eigenvalue weighted by Gasteiger charge is -2.11. The molecule has 0 fully saturated rings. The van der Waals surface area contributed by atoms with E-state index in [2.05, 4.69) is 10.0 Å². The molecule has 0 aliphatic heterocycles. The molecule has 0 unspecified atom stereocenters. The lowest BCUT2D eigenvalue weighted by atomic mass is 10.1. The Balaban J connectivity index is 1.73. The minimum Gasteiger partial charge on any atom is -0.348 e. The Morgan fingerprint density at radius 1 is 0.821 bits per heavy atom. The van der Waals surface area contributed by atoms with Crippen molar-refractivity contribution in [2.24, 2.45) is 0 Å². The van der Waals surface area contributed by atoms with E-state index in [1.165, 1.54) is 12.1 Å². The maximum Gasteiger partial charge on any atom is 0.251 e. The van der Waals surface area contributed by atoms with Crippen LogP contribution in [0.25, 0.3) is 0 Å². The molecule has 0 radical (unpaired) electrons. The predicted octanol–water partition coefficient (Wildman–Crippen LogP) is 3.40. The smallest absolute Gasteiger partial charge is 0.251 e. The van der Waals surface area contributed by atoms with Gasteiger partial charge in [-0.1, -0.05) is 66.7 Å². The molecule has 0 saturated carbocycles. The van der Waals surface area contributed by atoms with Crippen LogP contribution < -0.4 is 10.0 Å². The molecule has 0 bridgehead atoms. The van der Waals surface area contributed by atoms with Crippen LogP contribution in [0, 0.1) is 6.92 Å². The van der Waals surface area contributed by atoms with Gasteiger partial charge in [0.1, 0.15) is 0 Å². The standard InChI is InChI=1S/C22H22N2O3S/c1-17-12-13-20(28(26,27)24-16-19-10-6-3-7-11-19)14-21(17)22(25)23-15-18-8-4-2-5-9-18/h2-14,24H,15-16H2,1H3,(H,23,25). The van der Waals surface area contributed by atoms with Crippen molar-refractivity contribution in [2.45, 2.75) is 24.9 Å². The van der Waals surface area contributed by atoms with Gasteiger partial charge in [0.05, 0.1) is 4.90 Å². The molecule has 6 heteroatoms. The van der Waals surface area contributed by atoms with Gasteiger partial charge in [-0.25, -0.2) is 13.1 Å². The second-order valence-corrected chi connectivity index (χ2v) is 8.22. The lowest BCUT2D eigenvalue weighted by molar-refractivity contribution is 0.0950. The van der Waals surface area contributed by atoms with E-state index in [0.29, 0.717) is 17.7 Å². The van der Waals surface area contributed by atoms with Gasteiger partial charge in [-0.2, -0.15) is 0 Å². The zero-order valence-electron chi connectivity index (χ0n) is 15.6. The Morgan fingerprint density at radius 2 is 1.39 bits per heavy atom. The Labute approximate surface area is 165 Å². The third-order valence-corrected chi connectivity index (χ3v) is 5.77. The summed E-state index contributed by atoms with van der Waals surface area (Å²) >= 11 is 0. The van der Waals surface area contributed by atoms with E-state index in [0.717, 1.165) is 11.1 Å². The Bertz CT molecular complexity index is 1050. The molecule has 3 aromatic carbocycles. The summed E-state index contributed by atoms with van der Waals surface area (Å²) < 4.78 is 27.8. The van der Waals surface area contributed by atoms with E-state index >= 15 is 0 Å². The number of carbonyl (C=O) groups is 1. The molecule has 5 nitrogen and oxygen atoms in total. The van der Waals surface area contributed by atoms with Crippen molar-refractivity contribution in [2.75, 3.05) is 0 Å². The molecule has 2 N–H and O–H groups in total. The van der Waals surface area contributed by atoms with Crippen LogP contribution in [-0.2, 0) is 23.1 Å². The largest absolute Gasteiger partial charge is 0.348 e. The predicted molar refractivity (Wildman–Crippen MR) is 109 cm³/mol. The topological polar surface area (TPSA) is 75.3 Å². The zero-order chi connectivity index (χ0) is 20.0. The van der Waals surface area contributed by atoms with Crippen molar-refractivity contribution in [3.63, 3.8) is 0 Å². The SMILES string of the molecule is Cc1ccc(S(=O)(=O)NCc2ccccc2)cc1C(=O)NCc1ccccc1. The summed E-state index contributed by atoms with van der Waals surface area (Å²) in [5, 5.41) is 2.84. The van der Waals surface area contributed by atoms with Gasteiger partial charge in [0.15, 0.2) is 0 Å².